The van der Waals surface area contributed by atoms with Crippen LogP contribution in [0.2, 0.25) is 0 Å². The van der Waals surface area contributed by atoms with E-state index in [-0.39, 0.29) is 0 Å². The molecule has 2 aromatic rings. The van der Waals surface area contributed by atoms with Crippen LogP contribution in [-0.4, -0.2) is 27.0 Å². The number of nitrogens with one attached hydrogen (secondary N) is 1. The van der Waals surface area contributed by atoms with E-state index in [1.807, 2.05) is 24.3 Å². The molecule has 0 spiro atoms. The van der Waals surface area contributed by atoms with Crippen molar-refractivity contribution >= 4 is 16.6 Å². The molecule has 5 nitrogen and oxygen atoms in total. The van der Waals surface area contributed by atoms with Gasteiger partial charge < -0.3 is 10.1 Å². The number of benzene rings is 1. The lowest BCUT2D eigenvalue weighted by Crippen LogP contribution is -2.10. The van der Waals surface area contributed by atoms with Gasteiger partial charge in [0, 0.05) is 28.5 Å². The van der Waals surface area contributed by atoms with Crippen LogP contribution in [0.3, 0.4) is 0 Å². The first-order chi connectivity index (χ1) is 11.7. The molecule has 1 unspecified atom stereocenters. The summed E-state index contributed by atoms with van der Waals surface area (Å²) in [7, 11) is -0.943. The predicted molar refractivity (Wildman–Crippen MR) is 95.6 cm³/mol. The van der Waals surface area contributed by atoms with Gasteiger partial charge >= 0.3 is 0 Å². The van der Waals surface area contributed by atoms with Crippen molar-refractivity contribution in [1.82, 2.24) is 9.97 Å². The Balaban J connectivity index is 1.53. The van der Waals surface area contributed by atoms with E-state index in [2.05, 4.69) is 15.3 Å². The normalized spacial score (nSPS) is 16.0. The first-order valence-electron chi connectivity index (χ1n) is 8.32. The highest BCUT2D eigenvalue weighted by atomic mass is 32.2. The topological polar surface area (TPSA) is 64.1 Å². The Hall–Kier alpha value is -1.95. The van der Waals surface area contributed by atoms with Crippen LogP contribution < -0.4 is 10.1 Å². The largest absolute Gasteiger partial charge is 0.476 e. The van der Waals surface area contributed by atoms with Gasteiger partial charge in [0.1, 0.15) is 5.82 Å². The minimum atomic E-state index is -0.943. The second-order valence-corrected chi connectivity index (χ2v) is 7.54. The summed E-state index contributed by atoms with van der Waals surface area (Å²) in [4.78, 5) is 9.47. The highest BCUT2D eigenvalue weighted by Gasteiger charge is 2.15. The third-order valence-corrected chi connectivity index (χ3v) is 5.22. The molecule has 1 aliphatic carbocycles. The van der Waals surface area contributed by atoms with Gasteiger partial charge in [-0.15, -0.1) is 0 Å². The molecule has 24 heavy (non-hydrogen) atoms. The Kier molecular flexibility index (Phi) is 5.80. The summed E-state index contributed by atoms with van der Waals surface area (Å²) < 4.78 is 17.2. The molecule has 1 aromatic heterocycles. The van der Waals surface area contributed by atoms with Crippen LogP contribution in [0.15, 0.2) is 41.6 Å². The number of rotatable bonds is 7. The Bertz CT molecular complexity index is 685. The maximum absolute atomic E-state index is 11.4. The minimum absolute atomic E-state index is 0.573. The Labute approximate surface area is 145 Å². The number of hydrogen-bond donors (Lipinski definition) is 1. The second kappa shape index (κ2) is 8.24. The maximum Gasteiger partial charge on any atom is 0.234 e. The van der Waals surface area contributed by atoms with E-state index < -0.39 is 10.8 Å². The van der Waals surface area contributed by atoms with E-state index in [9.17, 15) is 4.21 Å². The van der Waals surface area contributed by atoms with E-state index in [1.165, 1.54) is 25.7 Å². The summed E-state index contributed by atoms with van der Waals surface area (Å²) in [6.07, 6.45) is 10.2. The van der Waals surface area contributed by atoms with Gasteiger partial charge in [0.05, 0.1) is 19.0 Å². The zero-order valence-electron chi connectivity index (χ0n) is 13.9. The fraction of sp³-hybridized carbons (Fsp3) is 0.444. The van der Waals surface area contributed by atoms with Gasteiger partial charge in [0.2, 0.25) is 5.88 Å². The molecule has 1 aromatic carbocycles. The van der Waals surface area contributed by atoms with Gasteiger partial charge in [-0.2, -0.15) is 4.98 Å². The molecule has 0 amide bonds. The molecule has 6 heteroatoms. The van der Waals surface area contributed by atoms with Crippen molar-refractivity contribution in [1.29, 1.82) is 0 Å². The molecule has 0 aliphatic heterocycles. The fourth-order valence-electron chi connectivity index (χ4n) is 2.87. The number of anilines is 1. The monoisotopic (exact) mass is 345 g/mol. The molecule has 128 valence electrons. The lowest BCUT2D eigenvalue weighted by molar-refractivity contribution is 0.243. The minimum Gasteiger partial charge on any atom is -0.476 e. The summed E-state index contributed by atoms with van der Waals surface area (Å²) in [6, 6.07) is 7.72. The smallest absolute Gasteiger partial charge is 0.234 e. The molecule has 1 N–H and O–H groups in total. The average molecular weight is 345 g/mol. The van der Waals surface area contributed by atoms with Gasteiger partial charge in [-0.1, -0.05) is 25.0 Å². The number of aromatic nitrogens is 2. The van der Waals surface area contributed by atoms with Gasteiger partial charge in [-0.05, 0) is 36.5 Å². The highest BCUT2D eigenvalue weighted by Crippen LogP contribution is 2.25. The van der Waals surface area contributed by atoms with Crippen molar-refractivity contribution in [3.8, 4) is 5.88 Å². The van der Waals surface area contributed by atoms with Crippen molar-refractivity contribution in [2.45, 2.75) is 37.1 Å². The molecular formula is C18H23N3O2S. The molecular weight excluding hydrogens is 322 g/mol. The summed E-state index contributed by atoms with van der Waals surface area (Å²) in [5, 5.41) is 3.25. The quantitative estimate of drug-likeness (QED) is 0.833. The Morgan fingerprint density at radius 1 is 1.21 bits per heavy atom. The molecule has 1 saturated carbocycles. The van der Waals surface area contributed by atoms with Gasteiger partial charge in [-0.25, -0.2) is 0 Å². The van der Waals surface area contributed by atoms with E-state index in [0.717, 1.165) is 17.1 Å². The van der Waals surface area contributed by atoms with Crippen molar-refractivity contribution < 1.29 is 8.95 Å². The van der Waals surface area contributed by atoms with Crippen molar-refractivity contribution in [3.05, 3.63) is 42.2 Å². The van der Waals surface area contributed by atoms with E-state index in [4.69, 9.17) is 4.74 Å². The molecule has 0 bridgehead atoms. The van der Waals surface area contributed by atoms with Crippen LogP contribution in [0.4, 0.5) is 5.82 Å². The van der Waals surface area contributed by atoms with Crippen LogP contribution in [0, 0.1) is 5.92 Å². The first-order valence-corrected chi connectivity index (χ1v) is 9.87. The van der Waals surface area contributed by atoms with Crippen molar-refractivity contribution in [2.24, 2.45) is 5.92 Å². The fourth-order valence-corrected chi connectivity index (χ4v) is 3.39. The third kappa shape index (κ3) is 4.77. The maximum atomic E-state index is 11.4. The number of hydrogen-bond acceptors (Lipinski definition) is 5. The van der Waals surface area contributed by atoms with E-state index in [0.29, 0.717) is 24.2 Å². The predicted octanol–water partition coefficient (Wildman–Crippen LogP) is 3.40. The summed E-state index contributed by atoms with van der Waals surface area (Å²) in [6.45, 7) is 1.37. The average Bonchev–Trinajstić information content (AvgIpc) is 3.12. The van der Waals surface area contributed by atoms with E-state index in [1.54, 1.807) is 18.6 Å². The summed E-state index contributed by atoms with van der Waals surface area (Å²) >= 11 is 0. The van der Waals surface area contributed by atoms with E-state index >= 15 is 0 Å². The van der Waals surface area contributed by atoms with Crippen LogP contribution in [0.25, 0.3) is 0 Å². The zero-order valence-corrected chi connectivity index (χ0v) is 14.7. The van der Waals surface area contributed by atoms with Gasteiger partial charge in [0.25, 0.3) is 0 Å². The Morgan fingerprint density at radius 2 is 1.96 bits per heavy atom. The molecule has 0 saturated heterocycles. The molecule has 1 fully saturated rings. The Morgan fingerprint density at radius 3 is 2.67 bits per heavy atom. The number of ether oxygens (including phenoxy) is 1. The lowest BCUT2D eigenvalue weighted by atomic mass is 10.1. The van der Waals surface area contributed by atoms with Crippen LogP contribution in [0.1, 0.15) is 31.2 Å². The molecule has 1 heterocycles. The van der Waals surface area contributed by atoms with Crippen LogP contribution >= 0.6 is 0 Å². The van der Waals surface area contributed by atoms with Crippen LogP contribution in [0.5, 0.6) is 5.88 Å². The zero-order chi connectivity index (χ0) is 16.8. The number of nitrogens with zero attached hydrogens (tertiary/aromatic N) is 2. The molecule has 3 rings (SSSR count). The molecule has 1 atom stereocenters. The molecule has 0 radical (unpaired) electrons. The second-order valence-electron chi connectivity index (χ2n) is 6.16. The molecule has 1 aliphatic rings. The van der Waals surface area contributed by atoms with Gasteiger partial charge in [-0.3, -0.25) is 9.19 Å². The van der Waals surface area contributed by atoms with Gasteiger partial charge in [0.15, 0.2) is 0 Å². The SMILES string of the molecule is CS(=O)c1ccc(CNc2cncc(OCC3CCCC3)n2)cc1. The lowest BCUT2D eigenvalue weighted by Gasteiger charge is -2.11. The highest BCUT2D eigenvalue weighted by molar-refractivity contribution is 7.84. The first kappa shape index (κ1) is 16.9. The van der Waals surface area contributed by atoms with Crippen molar-refractivity contribution in [2.75, 3.05) is 18.2 Å². The third-order valence-electron chi connectivity index (χ3n) is 4.28. The van der Waals surface area contributed by atoms with Crippen LogP contribution in [-0.2, 0) is 17.3 Å². The van der Waals surface area contributed by atoms with Crippen molar-refractivity contribution in [3.63, 3.8) is 0 Å². The summed E-state index contributed by atoms with van der Waals surface area (Å²) in [5.74, 6) is 1.93. The standard InChI is InChI=1S/C18H23N3O2S/c1-24(22)16-8-6-14(7-9-16)10-20-17-11-19-12-18(21-17)23-13-15-4-2-3-5-15/h6-9,11-12,15H,2-5,10,13H2,1H3,(H,20,21). The summed E-state index contributed by atoms with van der Waals surface area (Å²) in [5.41, 5.74) is 1.10.